The third-order valence-electron chi connectivity index (χ3n) is 12.7. The number of carboxylic acid groups (broad SMARTS) is 4. The predicted octanol–water partition coefficient (Wildman–Crippen LogP) is 2.20. The van der Waals surface area contributed by atoms with E-state index in [9.17, 15) is 63.9 Å². The number of hydrogen-bond acceptors (Lipinski definition) is 15. The highest BCUT2D eigenvalue weighted by Crippen LogP contribution is 2.52. The Morgan fingerprint density at radius 1 is 0.818 bits per heavy atom. The van der Waals surface area contributed by atoms with Crippen molar-refractivity contribution in [2.24, 2.45) is 28.7 Å². The summed E-state index contributed by atoms with van der Waals surface area (Å²) in [7, 11) is 0. The second kappa shape index (κ2) is 19.6. The fourth-order valence-electron chi connectivity index (χ4n) is 9.46. The van der Waals surface area contributed by atoms with Crippen molar-refractivity contribution in [1.29, 1.82) is 0 Å². The zero-order valence-corrected chi connectivity index (χ0v) is 37.7. The fourth-order valence-corrected chi connectivity index (χ4v) is 12.6. The normalized spacial score (nSPS) is 29.3. The number of carbonyl (C=O) groups is 8. The number of benzene rings is 2. The molecule has 2 aromatic rings. The van der Waals surface area contributed by atoms with E-state index in [1.54, 1.807) is 19.1 Å². The molecule has 0 aromatic heterocycles. The topological polar surface area (TPSA) is 311 Å². The highest BCUT2D eigenvalue weighted by Gasteiger charge is 2.60. The molecule has 3 saturated heterocycles. The molecule has 0 spiro atoms. The first-order valence-electron chi connectivity index (χ1n) is 21.3. The Labute approximate surface area is 386 Å². The zero-order valence-electron chi connectivity index (χ0n) is 36.1. The second-order valence-electron chi connectivity index (χ2n) is 17.2. The molecule has 7 rings (SSSR count). The van der Waals surface area contributed by atoms with Gasteiger partial charge in [-0.05, 0) is 69.0 Å². The van der Waals surface area contributed by atoms with Crippen LogP contribution in [0.25, 0.3) is 0 Å². The van der Waals surface area contributed by atoms with E-state index in [0.717, 1.165) is 0 Å². The lowest BCUT2D eigenvalue weighted by atomic mass is 9.79. The minimum Gasteiger partial charge on any atom is -0.481 e. The van der Waals surface area contributed by atoms with Crippen molar-refractivity contribution in [3.63, 3.8) is 0 Å². The molecule has 13 atom stereocenters. The van der Waals surface area contributed by atoms with E-state index in [2.05, 4.69) is 26.3 Å². The van der Waals surface area contributed by atoms with Gasteiger partial charge in [-0.25, -0.2) is 19.2 Å². The molecule has 0 aliphatic carbocycles. The summed E-state index contributed by atoms with van der Waals surface area (Å²) in [6.07, 6.45) is -1.60. The van der Waals surface area contributed by atoms with Crippen LogP contribution in [0.5, 0.6) is 0 Å². The first kappa shape index (κ1) is 48.1. The van der Waals surface area contributed by atoms with E-state index in [0.29, 0.717) is 36.5 Å². The highest BCUT2D eigenvalue weighted by atomic mass is 32.2. The molecular weight excluding hydrogens is 901 g/mol. The Hall–Kier alpha value is -5.81. The molecule has 352 valence electrons. The van der Waals surface area contributed by atoms with Gasteiger partial charge in [-0.15, -0.1) is 23.5 Å². The van der Waals surface area contributed by atoms with Crippen LogP contribution in [-0.2, 0) is 33.5 Å². The van der Waals surface area contributed by atoms with Gasteiger partial charge in [-0.2, -0.15) is 0 Å². The Balaban J connectivity index is 0.939. The number of aliphatic imine (C=N–C) groups is 1. The summed E-state index contributed by atoms with van der Waals surface area (Å²) in [5.74, 6) is -10.4. The van der Waals surface area contributed by atoms with Crippen molar-refractivity contribution in [3.05, 3.63) is 70.3 Å². The van der Waals surface area contributed by atoms with Crippen LogP contribution in [-0.4, -0.2) is 149 Å². The van der Waals surface area contributed by atoms with Gasteiger partial charge in [-0.1, -0.05) is 26.0 Å². The Bertz CT molecular complexity index is 2410. The minimum atomic E-state index is -1.45. The number of fused-ring (bicyclic) bond motifs is 1. The van der Waals surface area contributed by atoms with Gasteiger partial charge < -0.3 is 56.4 Å². The maximum absolute atomic E-state index is 13.5. The number of aromatic carboxylic acids is 1. The number of aliphatic hydroxyl groups excluding tert-OH is 1. The van der Waals surface area contributed by atoms with Crippen LogP contribution >= 0.6 is 23.5 Å². The van der Waals surface area contributed by atoms with Crippen LogP contribution in [0.1, 0.15) is 61.3 Å². The molecule has 22 heteroatoms. The average Bonchev–Trinajstić information content (AvgIpc) is 4.04. The fraction of sp³-hybridized carbons (Fsp3) is 0.477. The maximum Gasteiger partial charge on any atom is 0.353 e. The average molecular weight is 951 g/mol. The van der Waals surface area contributed by atoms with Gasteiger partial charge in [0.25, 0.3) is 0 Å². The van der Waals surface area contributed by atoms with Crippen molar-refractivity contribution in [3.8, 4) is 0 Å². The van der Waals surface area contributed by atoms with Crippen molar-refractivity contribution >= 4 is 88.2 Å². The van der Waals surface area contributed by atoms with Gasteiger partial charge in [0.2, 0.25) is 17.7 Å². The lowest BCUT2D eigenvalue weighted by molar-refractivity contribution is -0.163. The standard InChI is InChI=1S/C44H50N6O14S2/c1-17-31(49-32(42(59)60)35(17)65-25-13-27(45-15-25)37(52)47-23-9-5-7-21(11-23)40(55)56)30(41(57)58)20(4)64-44(63)22-8-6-10-24(12-22)48-38(53)28-14-26(16-46-28)66-36-18(2)33-29(19(3)51)39(54)50(33)34(36)43(61)62/h5-12,17-20,25-31,33,35,45-46,51H,13-16H2,1-4H3,(H,47,52)(H,48,53)(H,55,56)(H,57,58)(H,59,60)(H,61,62). The summed E-state index contributed by atoms with van der Waals surface area (Å²) in [5.41, 5.74) is 0.209. The first-order valence-corrected chi connectivity index (χ1v) is 23.1. The predicted molar refractivity (Wildman–Crippen MR) is 240 cm³/mol. The number of esters is 1. The van der Waals surface area contributed by atoms with Crippen molar-refractivity contribution in [2.45, 2.75) is 92.7 Å². The summed E-state index contributed by atoms with van der Waals surface area (Å²) in [6, 6.07) is 8.73. The van der Waals surface area contributed by atoms with Gasteiger partial charge in [0.1, 0.15) is 23.4 Å². The van der Waals surface area contributed by atoms with E-state index in [1.165, 1.54) is 78.7 Å². The number of nitrogens with one attached hydrogen (secondary N) is 4. The van der Waals surface area contributed by atoms with Gasteiger partial charge in [0, 0.05) is 45.8 Å². The van der Waals surface area contributed by atoms with Crippen LogP contribution in [0.4, 0.5) is 11.4 Å². The molecule has 2 aromatic carbocycles. The Kier molecular flexibility index (Phi) is 14.3. The summed E-state index contributed by atoms with van der Waals surface area (Å²) in [5, 5.41) is 60.5. The van der Waals surface area contributed by atoms with E-state index in [1.807, 2.05) is 6.92 Å². The van der Waals surface area contributed by atoms with Gasteiger partial charge in [0.15, 0.2) is 0 Å². The van der Waals surface area contributed by atoms with Crippen LogP contribution in [0, 0.1) is 23.7 Å². The monoisotopic (exact) mass is 950 g/mol. The molecule has 5 aliphatic rings. The summed E-state index contributed by atoms with van der Waals surface area (Å²) in [4.78, 5) is 108. The number of carbonyl (C=O) groups excluding carboxylic acids is 4. The molecule has 20 nitrogen and oxygen atoms in total. The molecule has 5 heterocycles. The van der Waals surface area contributed by atoms with Crippen LogP contribution in [0.3, 0.4) is 0 Å². The van der Waals surface area contributed by atoms with E-state index in [-0.39, 0.29) is 44.6 Å². The van der Waals surface area contributed by atoms with Crippen molar-refractivity contribution < 1.29 is 68.6 Å². The lowest BCUT2D eigenvalue weighted by Crippen LogP contribution is -2.63. The molecule has 13 unspecified atom stereocenters. The van der Waals surface area contributed by atoms with Crippen molar-refractivity contribution in [1.82, 2.24) is 15.5 Å². The third-order valence-corrected chi connectivity index (χ3v) is 15.9. The van der Waals surface area contributed by atoms with Gasteiger partial charge in [-0.3, -0.25) is 24.2 Å². The quantitative estimate of drug-likeness (QED) is 0.0811. The molecule has 0 saturated carbocycles. The van der Waals surface area contributed by atoms with Gasteiger partial charge >= 0.3 is 29.8 Å². The molecule has 5 aliphatic heterocycles. The largest absolute Gasteiger partial charge is 0.481 e. The number of hydrogen-bond donors (Lipinski definition) is 9. The molecule has 0 bridgehead atoms. The molecule has 0 radical (unpaired) electrons. The number of nitrogens with zero attached hydrogens (tertiary/aromatic N) is 2. The highest BCUT2D eigenvalue weighted by molar-refractivity contribution is 8.03. The number of β-lactam (4-membered cyclic amide) rings is 1. The summed E-state index contributed by atoms with van der Waals surface area (Å²) < 4.78 is 5.67. The second-order valence-corrected chi connectivity index (χ2v) is 20.0. The van der Waals surface area contributed by atoms with Gasteiger partial charge in [0.05, 0.1) is 52.6 Å². The van der Waals surface area contributed by atoms with E-state index in [4.69, 9.17) is 4.74 Å². The number of anilines is 2. The lowest BCUT2D eigenvalue weighted by Gasteiger charge is -2.46. The zero-order chi connectivity index (χ0) is 47.9. The number of amides is 3. The summed E-state index contributed by atoms with van der Waals surface area (Å²) >= 11 is 2.56. The third kappa shape index (κ3) is 9.68. The number of thioether (sulfide) groups is 2. The van der Waals surface area contributed by atoms with Crippen LogP contribution in [0.15, 0.2) is 64.1 Å². The molecule has 66 heavy (non-hydrogen) atoms. The van der Waals surface area contributed by atoms with Crippen LogP contribution < -0.4 is 21.3 Å². The molecule has 9 N–H and O–H groups in total. The SMILES string of the molecule is CC(O)C1C(=O)N2C(C(=O)O)=C(SC3CNC(C(=O)Nc4cccc(C(=O)OC(C)C(C(=O)O)C5N=C(C(=O)O)C(SC6CNC(C(=O)Nc7cccc(C(=O)O)c7)C6)C5C)c4)C3)C(C)C12. The number of carboxylic acids is 4. The number of ether oxygens (including phenoxy) is 1. The number of rotatable bonds is 17. The smallest absolute Gasteiger partial charge is 0.353 e. The Morgan fingerprint density at radius 2 is 1.39 bits per heavy atom. The molecule has 3 fully saturated rings. The van der Waals surface area contributed by atoms with Crippen LogP contribution in [0.2, 0.25) is 0 Å². The Morgan fingerprint density at radius 3 is 1.95 bits per heavy atom. The van der Waals surface area contributed by atoms with E-state index >= 15 is 0 Å². The number of aliphatic carboxylic acids is 3. The summed E-state index contributed by atoms with van der Waals surface area (Å²) in [6.45, 7) is 7.08. The first-order chi connectivity index (χ1) is 31.2. The molecule has 3 amide bonds. The number of aliphatic hydroxyl groups is 1. The van der Waals surface area contributed by atoms with Crippen molar-refractivity contribution in [2.75, 3.05) is 23.7 Å². The minimum absolute atomic E-state index is 0.000756. The van der Waals surface area contributed by atoms with E-state index < -0.39 is 107 Å². The molecular formula is C44H50N6O14S2. The maximum atomic E-state index is 13.5.